The lowest BCUT2D eigenvalue weighted by molar-refractivity contribution is 0.240. The number of nitrogens with one attached hydrogen (secondary N) is 1. The molecule has 1 saturated carbocycles. The largest absolute Gasteiger partial charge is 0.310 e. The first kappa shape index (κ1) is 12.5. The molecule has 0 radical (unpaired) electrons. The summed E-state index contributed by atoms with van der Waals surface area (Å²) in [6, 6.07) is 4.90. The lowest BCUT2D eigenvalue weighted by Crippen LogP contribution is -2.39. The van der Waals surface area contributed by atoms with E-state index in [1.165, 1.54) is 18.4 Å². The van der Waals surface area contributed by atoms with Crippen LogP contribution in [0.5, 0.6) is 0 Å². The molecule has 0 aliphatic heterocycles. The molecule has 1 aromatic heterocycles. The van der Waals surface area contributed by atoms with E-state index < -0.39 is 0 Å². The van der Waals surface area contributed by atoms with E-state index in [-0.39, 0.29) is 12.4 Å². The minimum atomic E-state index is 0. The van der Waals surface area contributed by atoms with Crippen LogP contribution in [-0.2, 0) is 6.54 Å². The van der Waals surface area contributed by atoms with E-state index in [1.807, 2.05) is 12.3 Å². The van der Waals surface area contributed by atoms with Gasteiger partial charge in [-0.2, -0.15) is 0 Å². The summed E-state index contributed by atoms with van der Waals surface area (Å²) in [6.07, 6.45) is 4.52. The van der Waals surface area contributed by atoms with Crippen molar-refractivity contribution in [2.75, 3.05) is 0 Å². The Morgan fingerprint density at radius 2 is 2.20 bits per heavy atom. The van der Waals surface area contributed by atoms with Crippen molar-refractivity contribution < 1.29 is 0 Å². The van der Waals surface area contributed by atoms with Crippen LogP contribution in [-0.4, -0.2) is 11.0 Å². The molecule has 1 heterocycles. The maximum absolute atomic E-state index is 4.28. The Kier molecular flexibility index (Phi) is 4.55. The molecule has 1 aliphatic rings. The van der Waals surface area contributed by atoms with Crippen LogP contribution in [0.15, 0.2) is 18.3 Å². The van der Waals surface area contributed by atoms with Gasteiger partial charge in [0, 0.05) is 24.5 Å². The van der Waals surface area contributed by atoms with Crippen LogP contribution in [0, 0.1) is 12.8 Å². The normalized spacial score (nSPS) is 24.1. The zero-order chi connectivity index (χ0) is 9.97. The fraction of sp³-hybridized carbons (Fsp3) is 0.583. The number of aromatic nitrogens is 1. The monoisotopic (exact) mass is 226 g/mol. The topological polar surface area (TPSA) is 24.9 Å². The summed E-state index contributed by atoms with van der Waals surface area (Å²) in [4.78, 5) is 4.28. The minimum absolute atomic E-state index is 0. The van der Waals surface area contributed by atoms with E-state index in [2.05, 4.69) is 30.2 Å². The molecule has 2 nitrogen and oxygen atoms in total. The van der Waals surface area contributed by atoms with Crippen molar-refractivity contribution in [2.45, 2.75) is 39.3 Å². The Balaban J connectivity index is 0.00000112. The van der Waals surface area contributed by atoms with Crippen LogP contribution in [0.25, 0.3) is 0 Å². The van der Waals surface area contributed by atoms with Gasteiger partial charge in [-0.05, 0) is 37.3 Å². The molecule has 3 heteroatoms. The van der Waals surface area contributed by atoms with E-state index >= 15 is 0 Å². The number of pyridine rings is 1. The molecule has 0 aromatic carbocycles. The molecule has 84 valence electrons. The molecule has 1 aromatic rings. The highest BCUT2D eigenvalue weighted by Crippen LogP contribution is 2.26. The Hall–Kier alpha value is -0.600. The van der Waals surface area contributed by atoms with Crippen LogP contribution in [0.1, 0.15) is 31.0 Å². The molecule has 0 unspecified atom stereocenters. The standard InChI is InChI=1S/C12H18N2.ClH/c1-9-6-12(7-9)14-8-11-4-3-5-13-10(11)2;/h3-5,9,12,14H,6-8H2,1-2H3;1H. The van der Waals surface area contributed by atoms with Crippen molar-refractivity contribution in [1.29, 1.82) is 0 Å². The van der Waals surface area contributed by atoms with Gasteiger partial charge in [0.15, 0.2) is 0 Å². The predicted molar refractivity (Wildman–Crippen MR) is 65.2 cm³/mol. The lowest BCUT2D eigenvalue weighted by Gasteiger charge is -2.33. The molecule has 0 atom stereocenters. The summed E-state index contributed by atoms with van der Waals surface area (Å²) in [5.41, 5.74) is 2.47. The van der Waals surface area contributed by atoms with E-state index in [4.69, 9.17) is 0 Å². The molecule has 0 saturated heterocycles. The average Bonchev–Trinajstić information content (AvgIpc) is 2.13. The second-order valence-electron chi connectivity index (χ2n) is 4.40. The molecule has 0 spiro atoms. The van der Waals surface area contributed by atoms with Crippen LogP contribution in [0.2, 0.25) is 0 Å². The van der Waals surface area contributed by atoms with Gasteiger partial charge in [-0.15, -0.1) is 12.4 Å². The number of hydrogen-bond donors (Lipinski definition) is 1. The molecular formula is C12H19ClN2. The first-order chi connectivity index (χ1) is 6.75. The van der Waals surface area contributed by atoms with Crippen molar-refractivity contribution in [3.63, 3.8) is 0 Å². The van der Waals surface area contributed by atoms with Gasteiger partial charge in [-0.3, -0.25) is 4.98 Å². The Morgan fingerprint density at radius 3 is 2.80 bits per heavy atom. The van der Waals surface area contributed by atoms with Crippen LogP contribution in [0.3, 0.4) is 0 Å². The first-order valence-electron chi connectivity index (χ1n) is 5.39. The summed E-state index contributed by atoms with van der Waals surface area (Å²) >= 11 is 0. The smallest absolute Gasteiger partial charge is 0.0417 e. The summed E-state index contributed by atoms with van der Waals surface area (Å²) in [7, 11) is 0. The highest BCUT2D eigenvalue weighted by atomic mass is 35.5. The van der Waals surface area contributed by atoms with E-state index in [0.717, 1.165) is 24.2 Å². The Bertz CT molecular complexity index is 308. The van der Waals surface area contributed by atoms with Crippen LogP contribution < -0.4 is 5.32 Å². The minimum Gasteiger partial charge on any atom is -0.310 e. The van der Waals surface area contributed by atoms with Gasteiger partial charge in [-0.25, -0.2) is 0 Å². The van der Waals surface area contributed by atoms with Crippen LogP contribution >= 0.6 is 12.4 Å². The molecule has 2 rings (SSSR count). The van der Waals surface area contributed by atoms with Gasteiger partial charge in [0.2, 0.25) is 0 Å². The van der Waals surface area contributed by atoms with E-state index in [9.17, 15) is 0 Å². The van der Waals surface area contributed by atoms with Gasteiger partial charge in [0.25, 0.3) is 0 Å². The van der Waals surface area contributed by atoms with Crippen LogP contribution in [0.4, 0.5) is 0 Å². The number of nitrogens with zero attached hydrogens (tertiary/aromatic N) is 1. The highest BCUT2D eigenvalue weighted by molar-refractivity contribution is 5.85. The second kappa shape index (κ2) is 5.47. The van der Waals surface area contributed by atoms with Gasteiger partial charge >= 0.3 is 0 Å². The third kappa shape index (κ3) is 3.18. The SMILES string of the molecule is Cc1ncccc1CNC1CC(C)C1.Cl. The fourth-order valence-electron chi connectivity index (χ4n) is 2.03. The Morgan fingerprint density at radius 1 is 1.47 bits per heavy atom. The molecule has 15 heavy (non-hydrogen) atoms. The van der Waals surface area contributed by atoms with E-state index in [1.54, 1.807) is 0 Å². The number of aryl methyl sites for hydroxylation is 1. The quantitative estimate of drug-likeness (QED) is 0.858. The molecule has 1 fully saturated rings. The number of hydrogen-bond acceptors (Lipinski definition) is 2. The molecule has 1 N–H and O–H groups in total. The van der Waals surface area contributed by atoms with E-state index in [0.29, 0.717) is 0 Å². The maximum Gasteiger partial charge on any atom is 0.0417 e. The van der Waals surface area contributed by atoms with Gasteiger partial charge in [-0.1, -0.05) is 13.0 Å². The summed E-state index contributed by atoms with van der Waals surface area (Å²) < 4.78 is 0. The van der Waals surface area contributed by atoms with Gasteiger partial charge < -0.3 is 5.32 Å². The third-order valence-corrected chi connectivity index (χ3v) is 3.07. The summed E-state index contributed by atoms with van der Waals surface area (Å²) in [5, 5.41) is 3.57. The summed E-state index contributed by atoms with van der Waals surface area (Å²) in [5.74, 6) is 0.919. The fourth-order valence-corrected chi connectivity index (χ4v) is 2.03. The molecule has 0 amide bonds. The zero-order valence-electron chi connectivity index (χ0n) is 9.36. The van der Waals surface area contributed by atoms with Crippen molar-refractivity contribution in [2.24, 2.45) is 5.92 Å². The lowest BCUT2D eigenvalue weighted by atomic mass is 9.82. The van der Waals surface area contributed by atoms with Crippen molar-refractivity contribution in [3.8, 4) is 0 Å². The Labute approximate surface area is 97.9 Å². The maximum atomic E-state index is 4.28. The van der Waals surface area contributed by atoms with Crippen molar-refractivity contribution in [1.82, 2.24) is 10.3 Å². The van der Waals surface area contributed by atoms with Crippen molar-refractivity contribution >= 4 is 12.4 Å². The highest BCUT2D eigenvalue weighted by Gasteiger charge is 2.24. The first-order valence-corrected chi connectivity index (χ1v) is 5.39. The molecular weight excluding hydrogens is 208 g/mol. The average molecular weight is 227 g/mol. The molecule has 0 bridgehead atoms. The molecule has 1 aliphatic carbocycles. The number of halogens is 1. The predicted octanol–water partition coefficient (Wildman–Crippen LogP) is 2.70. The number of rotatable bonds is 3. The second-order valence-corrected chi connectivity index (χ2v) is 4.40. The van der Waals surface area contributed by atoms with Crippen molar-refractivity contribution in [3.05, 3.63) is 29.6 Å². The third-order valence-electron chi connectivity index (χ3n) is 3.07. The summed E-state index contributed by atoms with van der Waals surface area (Å²) in [6.45, 7) is 5.35. The zero-order valence-corrected chi connectivity index (χ0v) is 10.2. The van der Waals surface area contributed by atoms with Gasteiger partial charge in [0.1, 0.15) is 0 Å². The van der Waals surface area contributed by atoms with Gasteiger partial charge in [0.05, 0.1) is 0 Å².